The standard InChI is InChI=1S/C23H30N4O3S/c1-5-6-7-8-9-12-26-20-11-10-18(13-17(20)15-23(26,3)4)24-25-22-19(16(2)28)14-21(31-22)27(29)30/h10-11,13-14H,5-9,12,15H2,1-4H3. The van der Waals surface area contributed by atoms with Crippen LogP contribution in [0.5, 0.6) is 0 Å². The summed E-state index contributed by atoms with van der Waals surface area (Å²) in [6, 6.07) is 7.31. The highest BCUT2D eigenvalue weighted by Gasteiger charge is 2.35. The predicted molar refractivity (Wildman–Crippen MR) is 125 cm³/mol. The van der Waals surface area contributed by atoms with Crippen LogP contribution in [0.25, 0.3) is 0 Å². The average molecular weight is 443 g/mol. The highest BCUT2D eigenvalue weighted by atomic mass is 32.1. The molecular weight excluding hydrogens is 412 g/mol. The number of carbonyl (C=O) groups is 1. The summed E-state index contributed by atoms with van der Waals surface area (Å²) in [5.74, 6) is -0.261. The number of ketones is 1. The Kier molecular flexibility index (Phi) is 7.20. The molecule has 1 aliphatic heterocycles. The number of thiophene rings is 1. The van der Waals surface area contributed by atoms with Gasteiger partial charge in [0.25, 0.3) is 0 Å². The molecule has 0 bridgehead atoms. The van der Waals surface area contributed by atoms with E-state index in [1.165, 1.54) is 56.3 Å². The molecule has 0 aliphatic carbocycles. The minimum Gasteiger partial charge on any atom is -0.366 e. The molecule has 31 heavy (non-hydrogen) atoms. The Labute approximate surface area is 187 Å². The summed E-state index contributed by atoms with van der Waals surface area (Å²) in [7, 11) is 0. The molecule has 0 radical (unpaired) electrons. The van der Waals surface area contributed by atoms with Crippen molar-refractivity contribution in [2.24, 2.45) is 10.2 Å². The van der Waals surface area contributed by atoms with Crippen LogP contribution >= 0.6 is 11.3 Å². The molecule has 1 aromatic carbocycles. The van der Waals surface area contributed by atoms with E-state index in [2.05, 4.69) is 42.0 Å². The van der Waals surface area contributed by atoms with Crippen LogP contribution in [0.3, 0.4) is 0 Å². The number of hydrogen-bond acceptors (Lipinski definition) is 7. The third-order valence-electron chi connectivity index (χ3n) is 5.71. The lowest BCUT2D eigenvalue weighted by Gasteiger charge is -2.34. The van der Waals surface area contributed by atoms with Gasteiger partial charge in [-0.15, -0.1) is 10.2 Å². The van der Waals surface area contributed by atoms with E-state index in [4.69, 9.17) is 0 Å². The first-order chi connectivity index (χ1) is 14.7. The molecule has 0 N–H and O–H groups in total. The number of fused-ring (bicyclic) bond motifs is 1. The van der Waals surface area contributed by atoms with Crippen LogP contribution in [-0.2, 0) is 6.42 Å². The third-order valence-corrected chi connectivity index (χ3v) is 6.68. The molecule has 2 heterocycles. The van der Waals surface area contributed by atoms with Gasteiger partial charge in [0.1, 0.15) is 0 Å². The fourth-order valence-corrected chi connectivity index (χ4v) is 4.96. The Morgan fingerprint density at radius 3 is 2.61 bits per heavy atom. The first-order valence-electron chi connectivity index (χ1n) is 10.8. The highest BCUT2D eigenvalue weighted by Crippen LogP contribution is 2.41. The molecule has 0 atom stereocenters. The van der Waals surface area contributed by atoms with Crippen LogP contribution in [0.15, 0.2) is 34.5 Å². The van der Waals surface area contributed by atoms with Crippen LogP contribution in [0, 0.1) is 10.1 Å². The van der Waals surface area contributed by atoms with Crippen LogP contribution in [0.2, 0.25) is 0 Å². The summed E-state index contributed by atoms with van der Waals surface area (Å²) < 4.78 is 0. The van der Waals surface area contributed by atoms with E-state index in [1.54, 1.807) is 0 Å². The maximum Gasteiger partial charge on any atom is 0.326 e. The van der Waals surface area contributed by atoms with Crippen molar-refractivity contribution >= 4 is 38.5 Å². The zero-order valence-electron chi connectivity index (χ0n) is 18.7. The van der Waals surface area contributed by atoms with Crippen LogP contribution in [0.1, 0.15) is 75.7 Å². The summed E-state index contributed by atoms with van der Waals surface area (Å²) >= 11 is 0.867. The summed E-state index contributed by atoms with van der Waals surface area (Å²) in [5.41, 5.74) is 3.45. The first-order valence-corrected chi connectivity index (χ1v) is 11.7. The number of nitro groups is 1. The van der Waals surface area contributed by atoms with Gasteiger partial charge in [0.2, 0.25) is 0 Å². The van der Waals surface area contributed by atoms with Gasteiger partial charge in [0.15, 0.2) is 10.8 Å². The summed E-state index contributed by atoms with van der Waals surface area (Å²) in [5, 5.41) is 19.6. The normalized spacial score (nSPS) is 14.9. The van der Waals surface area contributed by atoms with E-state index in [0.29, 0.717) is 5.69 Å². The highest BCUT2D eigenvalue weighted by molar-refractivity contribution is 7.19. The van der Waals surface area contributed by atoms with Gasteiger partial charge in [-0.05, 0) is 68.7 Å². The van der Waals surface area contributed by atoms with Crippen molar-refractivity contribution < 1.29 is 9.72 Å². The number of carbonyl (C=O) groups excluding carboxylic acids is 1. The molecule has 3 rings (SSSR count). The zero-order valence-corrected chi connectivity index (χ0v) is 19.5. The van der Waals surface area contributed by atoms with Crippen molar-refractivity contribution in [3.8, 4) is 0 Å². The number of Topliss-reactive ketones (excluding diaryl/α,β-unsaturated/α-hetero) is 1. The molecular formula is C23H30N4O3S. The van der Waals surface area contributed by atoms with Crippen LogP contribution in [0.4, 0.5) is 21.4 Å². The Morgan fingerprint density at radius 1 is 1.19 bits per heavy atom. The topological polar surface area (TPSA) is 88.2 Å². The number of anilines is 1. The Bertz CT molecular complexity index is 997. The van der Waals surface area contributed by atoms with Crippen molar-refractivity contribution in [1.29, 1.82) is 0 Å². The number of hydrogen-bond donors (Lipinski definition) is 0. The molecule has 8 heteroatoms. The minimum absolute atomic E-state index is 0.0546. The second-order valence-corrected chi connectivity index (χ2v) is 9.69. The fraction of sp³-hybridized carbons (Fsp3) is 0.522. The maximum atomic E-state index is 11.8. The van der Waals surface area contributed by atoms with Gasteiger partial charge in [-0.25, -0.2) is 0 Å². The van der Waals surface area contributed by atoms with E-state index >= 15 is 0 Å². The molecule has 0 unspecified atom stereocenters. The minimum atomic E-state index is -0.509. The van der Waals surface area contributed by atoms with E-state index in [0.717, 1.165) is 24.3 Å². The van der Waals surface area contributed by atoms with Crippen molar-refractivity contribution in [2.75, 3.05) is 11.4 Å². The number of benzene rings is 1. The van der Waals surface area contributed by atoms with Crippen molar-refractivity contribution in [2.45, 2.75) is 71.8 Å². The molecule has 0 amide bonds. The van der Waals surface area contributed by atoms with Gasteiger partial charge in [-0.1, -0.05) is 32.6 Å². The second kappa shape index (κ2) is 9.68. The lowest BCUT2D eigenvalue weighted by atomic mass is 9.99. The summed E-state index contributed by atoms with van der Waals surface area (Å²) in [6.07, 6.45) is 7.22. The molecule has 7 nitrogen and oxygen atoms in total. The zero-order chi connectivity index (χ0) is 22.6. The smallest absolute Gasteiger partial charge is 0.326 e. The summed E-state index contributed by atoms with van der Waals surface area (Å²) in [6.45, 7) is 9.19. The SMILES string of the molecule is CCCCCCCN1c2ccc(N=Nc3sc([N+](=O)[O-])cc3C(C)=O)cc2CC1(C)C. The van der Waals surface area contributed by atoms with Gasteiger partial charge < -0.3 is 4.90 Å². The molecule has 166 valence electrons. The Balaban J connectivity index is 1.77. The molecule has 0 saturated carbocycles. The van der Waals surface area contributed by atoms with Crippen molar-refractivity contribution in [1.82, 2.24) is 0 Å². The third kappa shape index (κ3) is 5.36. The largest absolute Gasteiger partial charge is 0.366 e. The van der Waals surface area contributed by atoms with Gasteiger partial charge >= 0.3 is 5.00 Å². The number of azo groups is 1. The Morgan fingerprint density at radius 2 is 1.94 bits per heavy atom. The van der Waals surface area contributed by atoms with Crippen LogP contribution < -0.4 is 4.90 Å². The number of nitrogens with zero attached hydrogens (tertiary/aromatic N) is 4. The quantitative estimate of drug-likeness (QED) is 0.126. The first kappa shape index (κ1) is 23.1. The second-order valence-electron chi connectivity index (χ2n) is 8.68. The molecule has 0 spiro atoms. The van der Waals surface area contributed by atoms with Crippen molar-refractivity contribution in [3.63, 3.8) is 0 Å². The van der Waals surface area contributed by atoms with Gasteiger partial charge in [0, 0.05) is 23.8 Å². The molecule has 2 aromatic rings. The number of rotatable bonds is 10. The lowest BCUT2D eigenvalue weighted by molar-refractivity contribution is -0.380. The van der Waals surface area contributed by atoms with Gasteiger partial charge in [0.05, 0.1) is 16.2 Å². The average Bonchev–Trinajstić information content (AvgIpc) is 3.24. The van der Waals surface area contributed by atoms with E-state index < -0.39 is 4.92 Å². The fourth-order valence-electron chi connectivity index (χ4n) is 4.11. The van der Waals surface area contributed by atoms with E-state index in [-0.39, 0.29) is 26.9 Å². The van der Waals surface area contributed by atoms with Gasteiger partial charge in [-0.3, -0.25) is 14.9 Å². The summed E-state index contributed by atoms with van der Waals surface area (Å²) in [4.78, 5) is 24.8. The molecule has 0 fully saturated rings. The molecule has 1 aliphatic rings. The molecule has 1 aromatic heterocycles. The van der Waals surface area contributed by atoms with E-state index in [1.807, 2.05) is 12.1 Å². The van der Waals surface area contributed by atoms with Crippen LogP contribution in [-0.4, -0.2) is 22.8 Å². The van der Waals surface area contributed by atoms with Gasteiger partial charge in [-0.2, -0.15) is 0 Å². The monoisotopic (exact) mass is 442 g/mol. The lowest BCUT2D eigenvalue weighted by Crippen LogP contribution is -2.41. The Hall–Kier alpha value is -2.61. The number of unbranched alkanes of at least 4 members (excludes halogenated alkanes) is 4. The molecule has 0 saturated heterocycles. The van der Waals surface area contributed by atoms with Crippen molar-refractivity contribution in [3.05, 3.63) is 45.5 Å². The predicted octanol–water partition coefficient (Wildman–Crippen LogP) is 7.39. The maximum absolute atomic E-state index is 11.8. The van der Waals surface area contributed by atoms with E-state index in [9.17, 15) is 14.9 Å².